The Morgan fingerprint density at radius 1 is 0.967 bits per heavy atom. The number of aryl methyl sites for hydroxylation is 1. The Morgan fingerprint density at radius 3 is 2.30 bits per heavy atom. The van der Waals surface area contributed by atoms with Crippen LogP contribution in [0.4, 0.5) is 18.9 Å². The number of nitrogens with zero attached hydrogens (tertiary/aromatic N) is 2. The Kier molecular flexibility index (Phi) is 6.74. The molecule has 1 aliphatic rings. The zero-order valence-electron chi connectivity index (χ0n) is 17.0. The SMILES string of the molecule is COc1ccc(CCC(=O)N2CCN(c3cccc(C(F)(F)F)c3)CC2)cc1OC. The van der Waals surface area contributed by atoms with Gasteiger partial charge in [-0.25, -0.2) is 0 Å². The molecule has 5 nitrogen and oxygen atoms in total. The third-order valence-electron chi connectivity index (χ3n) is 5.25. The van der Waals surface area contributed by atoms with Gasteiger partial charge in [-0.2, -0.15) is 13.2 Å². The molecule has 0 radical (unpaired) electrons. The maximum atomic E-state index is 12.9. The Morgan fingerprint density at radius 2 is 1.67 bits per heavy atom. The van der Waals surface area contributed by atoms with Gasteiger partial charge in [-0.1, -0.05) is 12.1 Å². The number of piperazine rings is 1. The van der Waals surface area contributed by atoms with E-state index in [0.29, 0.717) is 56.2 Å². The van der Waals surface area contributed by atoms with Gasteiger partial charge in [0.1, 0.15) is 0 Å². The van der Waals surface area contributed by atoms with E-state index in [-0.39, 0.29) is 5.91 Å². The summed E-state index contributed by atoms with van der Waals surface area (Å²) in [5.41, 5.74) is 0.847. The molecule has 0 aliphatic carbocycles. The molecule has 0 bridgehead atoms. The van der Waals surface area contributed by atoms with Crippen LogP contribution in [0.3, 0.4) is 0 Å². The molecular weight excluding hydrogens is 397 g/mol. The molecule has 1 heterocycles. The van der Waals surface area contributed by atoms with Crippen molar-refractivity contribution in [3.05, 3.63) is 53.6 Å². The van der Waals surface area contributed by atoms with E-state index < -0.39 is 11.7 Å². The summed E-state index contributed by atoms with van der Waals surface area (Å²) < 4.78 is 49.3. The summed E-state index contributed by atoms with van der Waals surface area (Å²) in [6.45, 7) is 1.98. The Balaban J connectivity index is 1.53. The lowest BCUT2D eigenvalue weighted by Crippen LogP contribution is -2.48. The van der Waals surface area contributed by atoms with Crippen molar-refractivity contribution in [3.63, 3.8) is 0 Å². The second-order valence-electron chi connectivity index (χ2n) is 7.11. The van der Waals surface area contributed by atoms with Crippen molar-refractivity contribution in [2.24, 2.45) is 0 Å². The lowest BCUT2D eigenvalue weighted by atomic mass is 10.1. The number of amides is 1. The van der Waals surface area contributed by atoms with E-state index in [4.69, 9.17) is 9.47 Å². The molecule has 0 atom stereocenters. The number of anilines is 1. The van der Waals surface area contributed by atoms with Crippen LogP contribution in [0.1, 0.15) is 17.5 Å². The van der Waals surface area contributed by atoms with Gasteiger partial charge < -0.3 is 19.3 Å². The molecule has 3 rings (SSSR count). The highest BCUT2D eigenvalue weighted by molar-refractivity contribution is 5.77. The van der Waals surface area contributed by atoms with Gasteiger partial charge in [0.2, 0.25) is 5.91 Å². The maximum Gasteiger partial charge on any atom is 0.416 e. The van der Waals surface area contributed by atoms with E-state index >= 15 is 0 Å². The lowest BCUT2D eigenvalue weighted by molar-refractivity contribution is -0.137. The number of rotatable bonds is 6. The van der Waals surface area contributed by atoms with Crippen molar-refractivity contribution >= 4 is 11.6 Å². The van der Waals surface area contributed by atoms with Gasteiger partial charge in [-0.05, 0) is 42.3 Å². The quantitative estimate of drug-likeness (QED) is 0.706. The molecule has 30 heavy (non-hydrogen) atoms. The molecule has 0 spiro atoms. The van der Waals surface area contributed by atoms with E-state index in [2.05, 4.69) is 0 Å². The third kappa shape index (κ3) is 5.17. The summed E-state index contributed by atoms with van der Waals surface area (Å²) in [5.74, 6) is 1.30. The van der Waals surface area contributed by atoms with Crippen LogP contribution in [0.25, 0.3) is 0 Å². The molecule has 1 amide bonds. The average molecular weight is 422 g/mol. The topological polar surface area (TPSA) is 42.0 Å². The van der Waals surface area contributed by atoms with Gasteiger partial charge in [0.25, 0.3) is 0 Å². The molecule has 162 valence electrons. The summed E-state index contributed by atoms with van der Waals surface area (Å²) in [5, 5.41) is 0. The van der Waals surface area contributed by atoms with Crippen molar-refractivity contribution in [3.8, 4) is 11.5 Å². The summed E-state index contributed by atoms with van der Waals surface area (Å²) in [6, 6.07) is 10.9. The number of carbonyl (C=O) groups is 1. The highest BCUT2D eigenvalue weighted by atomic mass is 19.4. The summed E-state index contributed by atoms with van der Waals surface area (Å²) >= 11 is 0. The maximum absolute atomic E-state index is 12.9. The first-order chi connectivity index (χ1) is 14.3. The zero-order chi connectivity index (χ0) is 21.7. The van der Waals surface area contributed by atoms with Crippen molar-refractivity contribution in [1.82, 2.24) is 4.90 Å². The molecule has 1 fully saturated rings. The molecule has 1 saturated heterocycles. The van der Waals surface area contributed by atoms with Gasteiger partial charge in [0, 0.05) is 38.3 Å². The Labute approximate surface area is 174 Å². The van der Waals surface area contributed by atoms with Crippen LogP contribution >= 0.6 is 0 Å². The number of methoxy groups -OCH3 is 2. The van der Waals surface area contributed by atoms with Crippen LogP contribution in [0, 0.1) is 0 Å². The number of carbonyl (C=O) groups excluding carboxylic acids is 1. The Bertz CT molecular complexity index is 878. The smallest absolute Gasteiger partial charge is 0.416 e. The van der Waals surface area contributed by atoms with E-state index in [1.165, 1.54) is 6.07 Å². The number of alkyl halides is 3. The monoisotopic (exact) mass is 422 g/mol. The minimum absolute atomic E-state index is 0.0356. The predicted molar refractivity (Wildman–Crippen MR) is 108 cm³/mol. The van der Waals surface area contributed by atoms with E-state index in [0.717, 1.165) is 17.7 Å². The number of hydrogen-bond acceptors (Lipinski definition) is 4. The van der Waals surface area contributed by atoms with Crippen LogP contribution in [-0.2, 0) is 17.4 Å². The first-order valence-electron chi connectivity index (χ1n) is 9.72. The van der Waals surface area contributed by atoms with Crippen LogP contribution < -0.4 is 14.4 Å². The largest absolute Gasteiger partial charge is 0.493 e. The molecule has 2 aromatic carbocycles. The fourth-order valence-electron chi connectivity index (χ4n) is 3.54. The van der Waals surface area contributed by atoms with Gasteiger partial charge in [-0.3, -0.25) is 4.79 Å². The second kappa shape index (κ2) is 9.28. The minimum atomic E-state index is -4.36. The van der Waals surface area contributed by atoms with E-state index in [1.54, 1.807) is 25.2 Å². The molecular formula is C22H25F3N2O3. The molecule has 0 N–H and O–H groups in total. The third-order valence-corrected chi connectivity index (χ3v) is 5.25. The van der Waals surface area contributed by atoms with Crippen LogP contribution in [0.15, 0.2) is 42.5 Å². The summed E-state index contributed by atoms with van der Waals surface area (Å²) in [7, 11) is 3.14. The summed E-state index contributed by atoms with van der Waals surface area (Å²) in [6.07, 6.45) is -3.43. The highest BCUT2D eigenvalue weighted by Gasteiger charge is 2.31. The van der Waals surface area contributed by atoms with Gasteiger partial charge in [0.05, 0.1) is 19.8 Å². The van der Waals surface area contributed by atoms with Gasteiger partial charge >= 0.3 is 6.18 Å². The first kappa shape index (κ1) is 21.8. The average Bonchev–Trinajstić information content (AvgIpc) is 2.76. The molecule has 0 unspecified atom stereocenters. The van der Waals surface area contributed by atoms with Crippen molar-refractivity contribution in [2.45, 2.75) is 19.0 Å². The summed E-state index contributed by atoms with van der Waals surface area (Å²) in [4.78, 5) is 16.2. The number of benzene rings is 2. The molecule has 8 heteroatoms. The van der Waals surface area contributed by atoms with Crippen LogP contribution in [0.2, 0.25) is 0 Å². The van der Waals surface area contributed by atoms with Crippen LogP contribution in [0.5, 0.6) is 11.5 Å². The Hall–Kier alpha value is -2.90. The van der Waals surface area contributed by atoms with Crippen LogP contribution in [-0.4, -0.2) is 51.2 Å². The number of hydrogen-bond donors (Lipinski definition) is 0. The van der Waals surface area contributed by atoms with Gasteiger partial charge in [-0.15, -0.1) is 0 Å². The molecule has 0 saturated carbocycles. The standard InChI is InChI=1S/C22H25F3N2O3/c1-29-19-8-6-16(14-20(19)30-2)7-9-21(28)27-12-10-26(11-13-27)18-5-3-4-17(15-18)22(23,24)25/h3-6,8,14-15H,7,9-13H2,1-2H3. The van der Waals surface area contributed by atoms with E-state index in [1.807, 2.05) is 23.1 Å². The normalized spacial score (nSPS) is 14.6. The fraction of sp³-hybridized carbons (Fsp3) is 0.409. The van der Waals surface area contributed by atoms with Crippen molar-refractivity contribution in [1.29, 1.82) is 0 Å². The number of ether oxygens (including phenoxy) is 2. The molecule has 1 aliphatic heterocycles. The number of halogens is 3. The van der Waals surface area contributed by atoms with E-state index in [9.17, 15) is 18.0 Å². The van der Waals surface area contributed by atoms with Crippen molar-refractivity contribution < 1.29 is 27.4 Å². The molecule has 2 aromatic rings. The lowest BCUT2D eigenvalue weighted by Gasteiger charge is -2.36. The first-order valence-corrected chi connectivity index (χ1v) is 9.72. The fourth-order valence-corrected chi connectivity index (χ4v) is 3.54. The zero-order valence-corrected chi connectivity index (χ0v) is 17.0. The van der Waals surface area contributed by atoms with Gasteiger partial charge in [0.15, 0.2) is 11.5 Å². The minimum Gasteiger partial charge on any atom is -0.493 e. The van der Waals surface area contributed by atoms with Crippen molar-refractivity contribution in [2.75, 3.05) is 45.3 Å². The predicted octanol–water partition coefficient (Wildman–Crippen LogP) is 4.00. The second-order valence-corrected chi connectivity index (χ2v) is 7.11. The highest BCUT2D eigenvalue weighted by Crippen LogP contribution is 2.32. The molecule has 0 aromatic heterocycles.